The number of thiophene rings is 2. The number of rotatable bonds is 5. The van der Waals surface area contributed by atoms with Crippen molar-refractivity contribution in [3.05, 3.63) is 39.4 Å². The van der Waals surface area contributed by atoms with Crippen molar-refractivity contribution in [1.29, 1.82) is 0 Å². The lowest BCUT2D eigenvalue weighted by atomic mass is 10.1. The number of carboxylic acids is 1. The van der Waals surface area contributed by atoms with Crippen LogP contribution in [0, 0.1) is 0 Å². The third kappa shape index (κ3) is 3.82. The minimum atomic E-state index is -1.05. The van der Waals surface area contributed by atoms with Gasteiger partial charge in [-0.05, 0) is 47.2 Å². The highest BCUT2D eigenvalue weighted by Crippen LogP contribution is 2.22. The smallest absolute Gasteiger partial charge is 0.338 e. The average molecular weight is 310 g/mol. The highest BCUT2D eigenvalue weighted by molar-refractivity contribution is 7.14. The predicted octanol–water partition coefficient (Wildman–Crippen LogP) is 3.26. The van der Waals surface area contributed by atoms with Crippen molar-refractivity contribution in [2.75, 3.05) is 5.32 Å². The quantitative estimate of drug-likeness (QED) is 0.793. The summed E-state index contributed by atoms with van der Waals surface area (Å²) in [7, 11) is 0. The van der Waals surface area contributed by atoms with Gasteiger partial charge >= 0.3 is 12.0 Å². The third-order valence-corrected chi connectivity index (χ3v) is 4.18. The molecule has 106 valence electrons. The van der Waals surface area contributed by atoms with Crippen LogP contribution >= 0.6 is 22.7 Å². The van der Waals surface area contributed by atoms with Gasteiger partial charge in [0.1, 0.15) is 5.00 Å². The molecule has 0 bridgehead atoms. The van der Waals surface area contributed by atoms with E-state index < -0.39 is 12.0 Å². The van der Waals surface area contributed by atoms with Crippen molar-refractivity contribution < 1.29 is 14.7 Å². The maximum absolute atomic E-state index is 11.8. The topological polar surface area (TPSA) is 78.4 Å². The van der Waals surface area contributed by atoms with Crippen molar-refractivity contribution in [3.8, 4) is 0 Å². The SMILES string of the molecule is CC(Cc1ccsc1)NC(=O)Nc1sccc1C(=O)O. The molecule has 0 aliphatic heterocycles. The Morgan fingerprint density at radius 2 is 2.15 bits per heavy atom. The molecule has 0 spiro atoms. The fraction of sp³-hybridized carbons (Fsp3) is 0.231. The lowest BCUT2D eigenvalue weighted by Gasteiger charge is -2.13. The minimum Gasteiger partial charge on any atom is -0.478 e. The van der Waals surface area contributed by atoms with E-state index in [4.69, 9.17) is 5.11 Å². The Balaban J connectivity index is 1.89. The number of hydrogen-bond acceptors (Lipinski definition) is 4. The second kappa shape index (κ2) is 6.53. The minimum absolute atomic E-state index is 0.0298. The molecule has 2 amide bonds. The van der Waals surface area contributed by atoms with E-state index in [2.05, 4.69) is 10.6 Å². The molecule has 2 rings (SSSR count). The highest BCUT2D eigenvalue weighted by Gasteiger charge is 2.15. The summed E-state index contributed by atoms with van der Waals surface area (Å²) in [4.78, 5) is 22.8. The van der Waals surface area contributed by atoms with Crippen LogP contribution in [0.1, 0.15) is 22.8 Å². The standard InChI is InChI=1S/C13H14N2O3S2/c1-8(6-9-2-4-19-7-9)14-13(18)15-11-10(12(16)17)3-5-20-11/h2-5,7-8H,6H2,1H3,(H,16,17)(H2,14,15,18). The lowest BCUT2D eigenvalue weighted by molar-refractivity contribution is 0.0698. The first kappa shape index (κ1) is 14.5. The molecule has 20 heavy (non-hydrogen) atoms. The second-order valence-corrected chi connectivity index (χ2v) is 6.00. The van der Waals surface area contributed by atoms with E-state index in [1.54, 1.807) is 16.7 Å². The molecule has 2 aromatic rings. The number of amides is 2. The van der Waals surface area contributed by atoms with E-state index >= 15 is 0 Å². The molecule has 1 atom stereocenters. The normalized spacial score (nSPS) is 11.8. The summed E-state index contributed by atoms with van der Waals surface area (Å²) in [5.74, 6) is -1.05. The maximum Gasteiger partial charge on any atom is 0.338 e. The van der Waals surface area contributed by atoms with Gasteiger partial charge in [0.05, 0.1) is 5.56 Å². The van der Waals surface area contributed by atoms with E-state index in [0.717, 1.165) is 6.42 Å². The molecule has 0 aliphatic rings. The molecule has 5 nitrogen and oxygen atoms in total. The van der Waals surface area contributed by atoms with Gasteiger partial charge in [0, 0.05) is 6.04 Å². The van der Waals surface area contributed by atoms with Gasteiger partial charge in [-0.3, -0.25) is 5.32 Å². The molecule has 0 fully saturated rings. The summed E-state index contributed by atoms with van der Waals surface area (Å²) in [6, 6.07) is 3.07. The third-order valence-electron chi connectivity index (χ3n) is 2.62. The van der Waals surface area contributed by atoms with Crippen LogP contribution < -0.4 is 10.6 Å². The number of hydrogen-bond donors (Lipinski definition) is 3. The Bertz CT molecular complexity index is 593. The molecular formula is C13H14N2O3S2. The number of carbonyl (C=O) groups excluding carboxylic acids is 1. The molecule has 2 aromatic heterocycles. The van der Waals surface area contributed by atoms with Gasteiger partial charge in [0.2, 0.25) is 0 Å². The second-order valence-electron chi connectivity index (χ2n) is 4.30. The number of carboxylic acid groups (broad SMARTS) is 1. The van der Waals surface area contributed by atoms with Crippen LogP contribution in [0.25, 0.3) is 0 Å². The largest absolute Gasteiger partial charge is 0.478 e. The van der Waals surface area contributed by atoms with Crippen molar-refractivity contribution in [1.82, 2.24) is 5.32 Å². The fourth-order valence-electron chi connectivity index (χ4n) is 1.75. The summed E-state index contributed by atoms with van der Waals surface area (Å²) in [6.45, 7) is 1.91. The lowest BCUT2D eigenvalue weighted by Crippen LogP contribution is -2.37. The van der Waals surface area contributed by atoms with Crippen LogP contribution in [0.2, 0.25) is 0 Å². The Labute approximate surface area is 124 Å². The predicted molar refractivity (Wildman–Crippen MR) is 80.9 cm³/mol. The van der Waals surface area contributed by atoms with E-state index in [1.165, 1.54) is 23.0 Å². The summed E-state index contributed by atoms with van der Waals surface area (Å²) in [5, 5.41) is 20.3. The van der Waals surface area contributed by atoms with Crippen LogP contribution in [0.5, 0.6) is 0 Å². The van der Waals surface area contributed by atoms with Crippen LogP contribution in [0.15, 0.2) is 28.3 Å². The number of urea groups is 1. The molecule has 0 saturated carbocycles. The van der Waals surface area contributed by atoms with Crippen LogP contribution in [0.4, 0.5) is 9.80 Å². The average Bonchev–Trinajstić information content (AvgIpc) is 2.99. The van der Waals surface area contributed by atoms with Crippen LogP contribution in [-0.2, 0) is 6.42 Å². The van der Waals surface area contributed by atoms with E-state index in [0.29, 0.717) is 5.00 Å². The molecule has 1 unspecified atom stereocenters. The molecule has 0 saturated heterocycles. The van der Waals surface area contributed by atoms with Gasteiger partial charge in [0.15, 0.2) is 0 Å². The number of aromatic carboxylic acids is 1. The zero-order valence-corrected chi connectivity index (χ0v) is 12.4. The van der Waals surface area contributed by atoms with E-state index in [1.807, 2.05) is 23.8 Å². The summed E-state index contributed by atoms with van der Waals surface area (Å²) in [5.41, 5.74) is 1.28. The van der Waals surface area contributed by atoms with Gasteiger partial charge in [0.25, 0.3) is 0 Å². The first-order chi connectivity index (χ1) is 9.56. The first-order valence-electron chi connectivity index (χ1n) is 5.95. The van der Waals surface area contributed by atoms with Crippen molar-refractivity contribution >= 4 is 39.7 Å². The molecule has 2 heterocycles. The van der Waals surface area contributed by atoms with Gasteiger partial charge < -0.3 is 10.4 Å². The zero-order chi connectivity index (χ0) is 14.5. The van der Waals surface area contributed by atoms with Crippen LogP contribution in [-0.4, -0.2) is 23.1 Å². The number of anilines is 1. The molecule has 7 heteroatoms. The summed E-state index contributed by atoms with van der Waals surface area (Å²) in [6.07, 6.45) is 0.743. The van der Waals surface area contributed by atoms with Gasteiger partial charge in [-0.15, -0.1) is 11.3 Å². The van der Waals surface area contributed by atoms with E-state index in [-0.39, 0.29) is 11.6 Å². The Kier molecular flexibility index (Phi) is 4.75. The monoisotopic (exact) mass is 310 g/mol. The van der Waals surface area contributed by atoms with E-state index in [9.17, 15) is 9.59 Å². The van der Waals surface area contributed by atoms with Gasteiger partial charge in [-0.25, -0.2) is 9.59 Å². The molecular weight excluding hydrogens is 296 g/mol. The van der Waals surface area contributed by atoms with Crippen molar-refractivity contribution in [2.45, 2.75) is 19.4 Å². The first-order valence-corrected chi connectivity index (χ1v) is 7.78. The number of nitrogens with one attached hydrogen (secondary N) is 2. The molecule has 0 aromatic carbocycles. The highest BCUT2D eigenvalue weighted by atomic mass is 32.1. The Morgan fingerprint density at radius 3 is 2.80 bits per heavy atom. The fourth-order valence-corrected chi connectivity index (χ4v) is 3.21. The van der Waals surface area contributed by atoms with Crippen molar-refractivity contribution in [2.24, 2.45) is 0 Å². The Morgan fingerprint density at radius 1 is 1.35 bits per heavy atom. The van der Waals surface area contributed by atoms with Crippen LogP contribution in [0.3, 0.4) is 0 Å². The van der Waals surface area contributed by atoms with Gasteiger partial charge in [-0.2, -0.15) is 11.3 Å². The molecule has 0 radical (unpaired) electrons. The van der Waals surface area contributed by atoms with Crippen molar-refractivity contribution in [3.63, 3.8) is 0 Å². The maximum atomic E-state index is 11.8. The zero-order valence-electron chi connectivity index (χ0n) is 10.8. The number of carbonyl (C=O) groups is 2. The Hall–Kier alpha value is -1.86. The summed E-state index contributed by atoms with van der Waals surface area (Å²) >= 11 is 2.81. The molecule has 0 aliphatic carbocycles. The van der Waals surface area contributed by atoms with Gasteiger partial charge in [-0.1, -0.05) is 0 Å². The summed E-state index contributed by atoms with van der Waals surface area (Å²) < 4.78 is 0. The molecule has 3 N–H and O–H groups in total.